The van der Waals surface area contributed by atoms with E-state index in [9.17, 15) is 14.0 Å². The van der Waals surface area contributed by atoms with Gasteiger partial charge in [0.2, 0.25) is 5.95 Å². The van der Waals surface area contributed by atoms with Gasteiger partial charge in [0.25, 0.3) is 5.91 Å². The quantitative estimate of drug-likeness (QED) is 0.797. The molecule has 1 aliphatic rings. The molecule has 5 nitrogen and oxygen atoms in total. The Bertz CT molecular complexity index is 492. The topological polar surface area (TPSA) is 70.5 Å². The molecule has 1 amide bonds. The largest absolute Gasteiger partial charge is 0.481 e. The standard InChI is InChI=1S/C12H13FN2O3/c1-7-5-15(6-9(7)12(17)18)11(16)8-2-3-14-10(13)4-8/h2-4,7,9H,5-6H2,1H3,(H,17,18). The average Bonchev–Trinajstić information content (AvgIpc) is 2.70. The van der Waals surface area contributed by atoms with E-state index in [4.69, 9.17) is 5.11 Å². The Hall–Kier alpha value is -1.98. The second-order valence-corrected chi connectivity index (χ2v) is 4.50. The number of halogens is 1. The molecule has 0 aromatic carbocycles. The van der Waals surface area contributed by atoms with Gasteiger partial charge in [0.05, 0.1) is 5.92 Å². The van der Waals surface area contributed by atoms with Gasteiger partial charge in [-0.25, -0.2) is 4.98 Å². The molecule has 1 aromatic heterocycles. The van der Waals surface area contributed by atoms with Crippen LogP contribution in [0.3, 0.4) is 0 Å². The fourth-order valence-corrected chi connectivity index (χ4v) is 2.17. The highest BCUT2D eigenvalue weighted by molar-refractivity contribution is 5.94. The third-order valence-corrected chi connectivity index (χ3v) is 3.19. The molecule has 1 aliphatic heterocycles. The highest BCUT2D eigenvalue weighted by atomic mass is 19.1. The molecule has 2 unspecified atom stereocenters. The highest BCUT2D eigenvalue weighted by Gasteiger charge is 2.37. The number of likely N-dealkylation sites (tertiary alicyclic amines) is 1. The van der Waals surface area contributed by atoms with E-state index in [-0.39, 0.29) is 23.9 Å². The Morgan fingerprint density at radius 2 is 2.22 bits per heavy atom. The van der Waals surface area contributed by atoms with E-state index < -0.39 is 17.8 Å². The Balaban J connectivity index is 2.14. The Kier molecular flexibility index (Phi) is 3.27. The molecular weight excluding hydrogens is 239 g/mol. The van der Waals surface area contributed by atoms with E-state index in [2.05, 4.69) is 4.98 Å². The Labute approximate surface area is 103 Å². The van der Waals surface area contributed by atoms with Gasteiger partial charge in [-0.3, -0.25) is 9.59 Å². The number of carboxylic acids is 1. The Morgan fingerprint density at radius 1 is 1.50 bits per heavy atom. The number of carbonyl (C=O) groups is 2. The fourth-order valence-electron chi connectivity index (χ4n) is 2.17. The number of pyridine rings is 1. The minimum Gasteiger partial charge on any atom is -0.481 e. The van der Waals surface area contributed by atoms with Crippen molar-refractivity contribution in [1.29, 1.82) is 0 Å². The summed E-state index contributed by atoms with van der Waals surface area (Å²) in [6.07, 6.45) is 1.22. The van der Waals surface area contributed by atoms with Crippen molar-refractivity contribution in [3.8, 4) is 0 Å². The minimum atomic E-state index is -0.904. The van der Waals surface area contributed by atoms with E-state index in [0.29, 0.717) is 6.54 Å². The summed E-state index contributed by atoms with van der Waals surface area (Å²) in [6, 6.07) is 2.48. The molecule has 6 heteroatoms. The van der Waals surface area contributed by atoms with Crippen molar-refractivity contribution < 1.29 is 19.1 Å². The van der Waals surface area contributed by atoms with Gasteiger partial charge >= 0.3 is 5.97 Å². The molecule has 1 fully saturated rings. The summed E-state index contributed by atoms with van der Waals surface area (Å²) < 4.78 is 12.9. The van der Waals surface area contributed by atoms with Crippen LogP contribution in [0.15, 0.2) is 18.3 Å². The van der Waals surface area contributed by atoms with Crippen molar-refractivity contribution in [1.82, 2.24) is 9.88 Å². The summed E-state index contributed by atoms with van der Waals surface area (Å²) in [5.41, 5.74) is 0.195. The molecule has 2 heterocycles. The van der Waals surface area contributed by atoms with Crippen molar-refractivity contribution in [2.24, 2.45) is 11.8 Å². The predicted octanol–water partition coefficient (Wildman–Crippen LogP) is 1.01. The van der Waals surface area contributed by atoms with E-state index in [1.807, 2.05) is 0 Å². The number of carbonyl (C=O) groups excluding carboxylic acids is 1. The van der Waals surface area contributed by atoms with Gasteiger partial charge in [-0.2, -0.15) is 4.39 Å². The summed E-state index contributed by atoms with van der Waals surface area (Å²) in [7, 11) is 0. The number of hydrogen-bond donors (Lipinski definition) is 1. The molecule has 96 valence electrons. The molecule has 1 N–H and O–H groups in total. The van der Waals surface area contributed by atoms with Gasteiger partial charge < -0.3 is 10.0 Å². The molecule has 18 heavy (non-hydrogen) atoms. The molecule has 1 saturated heterocycles. The first kappa shape index (κ1) is 12.5. The summed E-state index contributed by atoms with van der Waals surface area (Å²) in [5, 5.41) is 8.99. The maximum absolute atomic E-state index is 12.9. The fraction of sp³-hybridized carbons (Fsp3) is 0.417. The van der Waals surface area contributed by atoms with Crippen LogP contribution in [0.2, 0.25) is 0 Å². The first-order valence-corrected chi connectivity index (χ1v) is 5.62. The molecule has 0 bridgehead atoms. The number of rotatable bonds is 2. The van der Waals surface area contributed by atoms with Crippen LogP contribution in [0.1, 0.15) is 17.3 Å². The molecule has 2 atom stereocenters. The van der Waals surface area contributed by atoms with Gasteiger partial charge in [0, 0.05) is 30.9 Å². The molecule has 0 radical (unpaired) electrons. The maximum Gasteiger partial charge on any atom is 0.308 e. The van der Waals surface area contributed by atoms with Gasteiger partial charge in [0.15, 0.2) is 0 Å². The summed E-state index contributed by atoms with van der Waals surface area (Å²) >= 11 is 0. The van der Waals surface area contributed by atoms with Crippen LogP contribution in [0, 0.1) is 17.8 Å². The summed E-state index contributed by atoms with van der Waals surface area (Å²) in [6.45, 7) is 2.33. The van der Waals surface area contributed by atoms with Gasteiger partial charge in [-0.1, -0.05) is 6.92 Å². The number of nitrogens with zero attached hydrogens (tertiary/aromatic N) is 2. The van der Waals surface area contributed by atoms with E-state index >= 15 is 0 Å². The van der Waals surface area contributed by atoms with Gasteiger partial charge in [-0.15, -0.1) is 0 Å². The lowest BCUT2D eigenvalue weighted by molar-refractivity contribution is -0.142. The molecule has 0 spiro atoms. The summed E-state index contributed by atoms with van der Waals surface area (Å²) in [4.78, 5) is 27.8. The van der Waals surface area contributed by atoms with Crippen molar-refractivity contribution in [3.63, 3.8) is 0 Å². The molecular formula is C12H13FN2O3. The second-order valence-electron chi connectivity index (χ2n) is 4.50. The summed E-state index contributed by atoms with van der Waals surface area (Å²) in [5.74, 6) is -2.63. The van der Waals surface area contributed by atoms with Crippen LogP contribution in [0.4, 0.5) is 4.39 Å². The van der Waals surface area contributed by atoms with E-state index in [1.165, 1.54) is 17.2 Å². The van der Waals surface area contributed by atoms with Crippen LogP contribution in [-0.2, 0) is 4.79 Å². The zero-order valence-electron chi connectivity index (χ0n) is 9.84. The van der Waals surface area contributed by atoms with E-state index in [1.54, 1.807) is 6.92 Å². The van der Waals surface area contributed by atoms with Crippen LogP contribution >= 0.6 is 0 Å². The van der Waals surface area contributed by atoms with Crippen molar-refractivity contribution >= 4 is 11.9 Å². The van der Waals surface area contributed by atoms with E-state index in [0.717, 1.165) is 6.07 Å². The number of carboxylic acid groups (broad SMARTS) is 1. The zero-order chi connectivity index (χ0) is 13.3. The zero-order valence-corrected chi connectivity index (χ0v) is 9.84. The second kappa shape index (κ2) is 4.72. The third kappa shape index (κ3) is 2.32. The van der Waals surface area contributed by atoms with Crippen molar-refractivity contribution in [3.05, 3.63) is 29.8 Å². The van der Waals surface area contributed by atoms with Crippen LogP contribution in [0.25, 0.3) is 0 Å². The lowest BCUT2D eigenvalue weighted by atomic mass is 9.99. The predicted molar refractivity (Wildman–Crippen MR) is 60.4 cm³/mol. The number of hydrogen-bond acceptors (Lipinski definition) is 3. The number of amides is 1. The van der Waals surface area contributed by atoms with Crippen LogP contribution in [0.5, 0.6) is 0 Å². The van der Waals surface area contributed by atoms with Gasteiger partial charge in [0.1, 0.15) is 0 Å². The minimum absolute atomic E-state index is 0.0989. The number of aromatic nitrogens is 1. The molecule has 2 rings (SSSR count). The maximum atomic E-state index is 12.9. The first-order chi connectivity index (χ1) is 8.49. The van der Waals surface area contributed by atoms with Crippen LogP contribution in [-0.4, -0.2) is 40.0 Å². The lowest BCUT2D eigenvalue weighted by Crippen LogP contribution is -2.30. The SMILES string of the molecule is CC1CN(C(=O)c2ccnc(F)c2)CC1C(=O)O. The van der Waals surface area contributed by atoms with Crippen LogP contribution < -0.4 is 0 Å². The molecule has 0 aliphatic carbocycles. The number of aliphatic carboxylic acids is 1. The molecule has 0 saturated carbocycles. The Morgan fingerprint density at radius 3 is 2.78 bits per heavy atom. The van der Waals surface area contributed by atoms with Crippen molar-refractivity contribution in [2.75, 3.05) is 13.1 Å². The monoisotopic (exact) mass is 252 g/mol. The first-order valence-electron chi connectivity index (χ1n) is 5.62. The highest BCUT2D eigenvalue weighted by Crippen LogP contribution is 2.24. The average molecular weight is 252 g/mol. The van der Waals surface area contributed by atoms with Crippen molar-refractivity contribution in [2.45, 2.75) is 6.92 Å². The van der Waals surface area contributed by atoms with Gasteiger partial charge in [-0.05, 0) is 12.0 Å². The molecule has 1 aromatic rings. The third-order valence-electron chi connectivity index (χ3n) is 3.19. The lowest BCUT2D eigenvalue weighted by Gasteiger charge is -2.15. The normalized spacial score (nSPS) is 23.1. The smallest absolute Gasteiger partial charge is 0.308 e.